The predicted octanol–water partition coefficient (Wildman–Crippen LogP) is 2.73. The number of nitrogens with zero attached hydrogens (tertiary/aromatic N) is 3. The molecule has 3 aromatic rings. The number of anilines is 2. The predicted molar refractivity (Wildman–Crippen MR) is 95.5 cm³/mol. The molecule has 0 saturated carbocycles. The molecule has 0 aliphatic carbocycles. The SMILES string of the molecule is Cc1cc(F)ccc1S(=O)(=O)Nc1ccc(NCc2cccnc2)nn1. The van der Waals surface area contributed by atoms with Crippen molar-refractivity contribution < 1.29 is 12.8 Å². The summed E-state index contributed by atoms with van der Waals surface area (Å²) in [5, 5.41) is 10.9. The second-order valence-corrected chi connectivity index (χ2v) is 7.18. The molecule has 0 saturated heterocycles. The lowest BCUT2D eigenvalue weighted by Gasteiger charge is -2.10. The third kappa shape index (κ3) is 4.31. The van der Waals surface area contributed by atoms with Crippen molar-refractivity contribution in [3.63, 3.8) is 0 Å². The normalized spacial score (nSPS) is 11.2. The number of hydrogen-bond donors (Lipinski definition) is 2. The van der Waals surface area contributed by atoms with E-state index in [9.17, 15) is 12.8 Å². The quantitative estimate of drug-likeness (QED) is 0.690. The Morgan fingerprint density at radius 1 is 1.08 bits per heavy atom. The Kier molecular flexibility index (Phi) is 5.08. The van der Waals surface area contributed by atoms with Crippen LogP contribution in [0.25, 0.3) is 0 Å². The van der Waals surface area contributed by atoms with Crippen LogP contribution in [0.2, 0.25) is 0 Å². The summed E-state index contributed by atoms with van der Waals surface area (Å²) in [6, 6.07) is 10.3. The first-order chi connectivity index (χ1) is 12.4. The smallest absolute Gasteiger partial charge is 0.263 e. The molecule has 0 aliphatic heterocycles. The minimum Gasteiger partial charge on any atom is -0.364 e. The summed E-state index contributed by atoms with van der Waals surface area (Å²) in [5.74, 6) is 0.0701. The maximum absolute atomic E-state index is 13.2. The van der Waals surface area contributed by atoms with Crippen LogP contribution in [0.15, 0.2) is 59.8 Å². The molecule has 0 amide bonds. The number of benzene rings is 1. The number of sulfonamides is 1. The van der Waals surface area contributed by atoms with Gasteiger partial charge in [-0.1, -0.05) is 6.07 Å². The van der Waals surface area contributed by atoms with Gasteiger partial charge >= 0.3 is 0 Å². The molecule has 7 nitrogen and oxygen atoms in total. The molecular weight excluding hydrogens is 357 g/mol. The summed E-state index contributed by atoms with van der Waals surface area (Å²) in [7, 11) is -3.88. The molecular formula is C17H16FN5O2S. The van der Waals surface area contributed by atoms with E-state index >= 15 is 0 Å². The van der Waals surface area contributed by atoms with Gasteiger partial charge in [-0.15, -0.1) is 10.2 Å². The molecule has 2 N–H and O–H groups in total. The monoisotopic (exact) mass is 373 g/mol. The lowest BCUT2D eigenvalue weighted by atomic mass is 10.2. The lowest BCUT2D eigenvalue weighted by molar-refractivity contribution is 0.598. The molecule has 26 heavy (non-hydrogen) atoms. The van der Waals surface area contributed by atoms with Crippen molar-refractivity contribution in [2.24, 2.45) is 0 Å². The molecule has 2 heterocycles. The first kappa shape index (κ1) is 17.7. The van der Waals surface area contributed by atoms with Crippen LogP contribution in [0.3, 0.4) is 0 Å². The number of pyridine rings is 1. The van der Waals surface area contributed by atoms with Crippen LogP contribution in [0, 0.1) is 12.7 Å². The summed E-state index contributed by atoms with van der Waals surface area (Å²) < 4.78 is 40.3. The van der Waals surface area contributed by atoms with E-state index in [4.69, 9.17) is 0 Å². The largest absolute Gasteiger partial charge is 0.364 e. The van der Waals surface area contributed by atoms with Crippen molar-refractivity contribution in [1.82, 2.24) is 15.2 Å². The first-order valence-electron chi connectivity index (χ1n) is 7.69. The molecule has 0 atom stereocenters. The summed E-state index contributed by atoms with van der Waals surface area (Å²) in [5.41, 5.74) is 1.28. The zero-order valence-corrected chi connectivity index (χ0v) is 14.7. The van der Waals surface area contributed by atoms with E-state index in [1.807, 2.05) is 12.1 Å². The zero-order chi connectivity index (χ0) is 18.6. The molecule has 0 bridgehead atoms. The summed E-state index contributed by atoms with van der Waals surface area (Å²) in [6.45, 7) is 2.04. The van der Waals surface area contributed by atoms with Gasteiger partial charge in [-0.05, 0) is 54.4 Å². The van der Waals surface area contributed by atoms with Crippen molar-refractivity contribution in [3.05, 3.63) is 71.8 Å². The van der Waals surface area contributed by atoms with E-state index in [-0.39, 0.29) is 10.7 Å². The highest BCUT2D eigenvalue weighted by atomic mass is 32.2. The van der Waals surface area contributed by atoms with Crippen molar-refractivity contribution >= 4 is 21.7 Å². The van der Waals surface area contributed by atoms with Crippen LogP contribution in [0.1, 0.15) is 11.1 Å². The van der Waals surface area contributed by atoms with Crippen molar-refractivity contribution in [2.75, 3.05) is 10.0 Å². The van der Waals surface area contributed by atoms with E-state index in [1.165, 1.54) is 19.1 Å². The van der Waals surface area contributed by atoms with Crippen molar-refractivity contribution in [1.29, 1.82) is 0 Å². The highest BCUT2D eigenvalue weighted by Gasteiger charge is 2.18. The zero-order valence-electron chi connectivity index (χ0n) is 13.8. The summed E-state index contributed by atoms with van der Waals surface area (Å²) >= 11 is 0. The van der Waals surface area contributed by atoms with Crippen LogP contribution in [0.4, 0.5) is 16.0 Å². The van der Waals surface area contributed by atoms with Gasteiger partial charge in [0.15, 0.2) is 5.82 Å². The van der Waals surface area contributed by atoms with Crippen LogP contribution >= 0.6 is 0 Å². The Morgan fingerprint density at radius 3 is 2.50 bits per heavy atom. The first-order valence-corrected chi connectivity index (χ1v) is 9.18. The van der Waals surface area contributed by atoms with Gasteiger partial charge in [0.2, 0.25) is 0 Å². The lowest BCUT2D eigenvalue weighted by Crippen LogP contribution is -2.16. The molecule has 0 unspecified atom stereocenters. The Hall–Kier alpha value is -3.07. The number of aryl methyl sites for hydroxylation is 1. The average molecular weight is 373 g/mol. The molecule has 0 fully saturated rings. The van der Waals surface area contributed by atoms with Gasteiger partial charge < -0.3 is 5.32 Å². The Labute approximate surface area is 150 Å². The van der Waals surface area contributed by atoms with Gasteiger partial charge in [-0.25, -0.2) is 12.8 Å². The van der Waals surface area contributed by atoms with Crippen molar-refractivity contribution in [2.45, 2.75) is 18.4 Å². The van der Waals surface area contributed by atoms with E-state index in [0.29, 0.717) is 17.9 Å². The maximum Gasteiger partial charge on any atom is 0.263 e. The molecule has 9 heteroatoms. The van der Waals surface area contributed by atoms with Crippen molar-refractivity contribution in [3.8, 4) is 0 Å². The third-order valence-electron chi connectivity index (χ3n) is 3.53. The number of aromatic nitrogens is 3. The highest BCUT2D eigenvalue weighted by Crippen LogP contribution is 2.19. The van der Waals surface area contributed by atoms with E-state index < -0.39 is 15.8 Å². The fraction of sp³-hybridized carbons (Fsp3) is 0.118. The van der Waals surface area contributed by atoms with E-state index in [0.717, 1.165) is 17.7 Å². The number of nitrogens with one attached hydrogen (secondary N) is 2. The van der Waals surface area contributed by atoms with Gasteiger partial charge in [0, 0.05) is 18.9 Å². The van der Waals surface area contributed by atoms with Crippen LogP contribution in [-0.2, 0) is 16.6 Å². The second-order valence-electron chi connectivity index (χ2n) is 5.53. The molecule has 1 aromatic carbocycles. The molecule has 3 rings (SSSR count). The summed E-state index contributed by atoms with van der Waals surface area (Å²) in [6.07, 6.45) is 3.42. The number of halogens is 1. The molecule has 2 aromatic heterocycles. The summed E-state index contributed by atoms with van der Waals surface area (Å²) in [4.78, 5) is 4.00. The topological polar surface area (TPSA) is 96.9 Å². The van der Waals surface area contributed by atoms with Gasteiger partial charge in [0.05, 0.1) is 4.90 Å². The third-order valence-corrected chi connectivity index (χ3v) is 5.04. The fourth-order valence-electron chi connectivity index (χ4n) is 2.28. The Bertz CT molecular complexity index is 995. The fourth-order valence-corrected chi connectivity index (χ4v) is 3.51. The Balaban J connectivity index is 1.68. The minimum atomic E-state index is -3.88. The Morgan fingerprint density at radius 2 is 1.85 bits per heavy atom. The van der Waals surface area contributed by atoms with E-state index in [2.05, 4.69) is 25.2 Å². The molecule has 0 spiro atoms. The van der Waals surface area contributed by atoms with Gasteiger partial charge in [0.25, 0.3) is 10.0 Å². The maximum atomic E-state index is 13.2. The van der Waals surface area contributed by atoms with Gasteiger partial charge in [-0.2, -0.15) is 0 Å². The molecule has 0 radical (unpaired) electrons. The standard InChI is InChI=1S/C17H16FN5O2S/c1-12-9-14(18)4-5-15(12)26(24,25)23-17-7-6-16(21-22-17)20-11-13-3-2-8-19-10-13/h2-10H,11H2,1H3,(H,20,21)(H,22,23). The number of hydrogen-bond acceptors (Lipinski definition) is 6. The molecule has 0 aliphatic rings. The average Bonchev–Trinajstić information content (AvgIpc) is 2.61. The van der Waals surface area contributed by atoms with Gasteiger partial charge in [0.1, 0.15) is 11.6 Å². The van der Waals surface area contributed by atoms with E-state index in [1.54, 1.807) is 18.5 Å². The molecule has 134 valence electrons. The van der Waals surface area contributed by atoms with Gasteiger partial charge in [-0.3, -0.25) is 9.71 Å². The highest BCUT2D eigenvalue weighted by molar-refractivity contribution is 7.92. The van der Waals surface area contributed by atoms with Crippen LogP contribution < -0.4 is 10.0 Å². The number of rotatable bonds is 6. The second kappa shape index (κ2) is 7.44. The van der Waals surface area contributed by atoms with Crippen LogP contribution in [0.5, 0.6) is 0 Å². The minimum absolute atomic E-state index is 0.0144. The van der Waals surface area contributed by atoms with Crippen LogP contribution in [-0.4, -0.2) is 23.6 Å².